The number of nitrogens with one attached hydrogen (secondary N) is 1. The summed E-state index contributed by atoms with van der Waals surface area (Å²) in [7, 11) is -3.58. The zero-order valence-corrected chi connectivity index (χ0v) is 19.9. The Hall–Kier alpha value is -2.46. The van der Waals surface area contributed by atoms with Crippen LogP contribution in [0.4, 0.5) is 5.82 Å². The molecule has 3 heterocycles. The summed E-state index contributed by atoms with van der Waals surface area (Å²) in [5.41, 5.74) is 1.58. The number of amides is 1. The predicted octanol–water partition coefficient (Wildman–Crippen LogP) is 3.55. The van der Waals surface area contributed by atoms with Crippen LogP contribution in [0, 0.1) is 6.92 Å². The lowest BCUT2D eigenvalue weighted by Crippen LogP contribution is -2.49. The number of pyridine rings is 1. The van der Waals surface area contributed by atoms with Gasteiger partial charge in [0.15, 0.2) is 0 Å². The second-order valence-electron chi connectivity index (χ2n) is 7.45. The van der Waals surface area contributed by atoms with Crippen LogP contribution < -0.4 is 10.2 Å². The molecule has 1 saturated heterocycles. The van der Waals surface area contributed by atoms with E-state index in [1.54, 1.807) is 42.6 Å². The van der Waals surface area contributed by atoms with Crippen LogP contribution >= 0.6 is 22.9 Å². The lowest BCUT2D eigenvalue weighted by molar-refractivity contribution is 0.0951. The summed E-state index contributed by atoms with van der Waals surface area (Å²) in [4.78, 5) is 19.6. The first-order valence-corrected chi connectivity index (χ1v) is 12.8. The van der Waals surface area contributed by atoms with Crippen molar-refractivity contribution in [3.05, 3.63) is 75.8 Å². The number of piperazine rings is 1. The van der Waals surface area contributed by atoms with Crippen molar-refractivity contribution in [2.75, 3.05) is 31.1 Å². The molecule has 1 fully saturated rings. The van der Waals surface area contributed by atoms with E-state index < -0.39 is 10.0 Å². The van der Waals surface area contributed by atoms with E-state index in [1.165, 1.54) is 15.6 Å². The number of carbonyl (C=O) groups is 1. The quantitative estimate of drug-likeness (QED) is 0.571. The van der Waals surface area contributed by atoms with Crippen LogP contribution in [0.5, 0.6) is 0 Å². The van der Waals surface area contributed by atoms with Crippen LogP contribution in [0.25, 0.3) is 0 Å². The van der Waals surface area contributed by atoms with Gasteiger partial charge in [0.1, 0.15) is 10.0 Å². The van der Waals surface area contributed by atoms with Gasteiger partial charge in [-0.05, 0) is 55.0 Å². The molecule has 1 aliphatic heterocycles. The molecular weight excluding hydrogens is 468 g/mol. The summed E-state index contributed by atoms with van der Waals surface area (Å²) < 4.78 is 28.0. The third-order valence-electron chi connectivity index (χ3n) is 5.28. The van der Waals surface area contributed by atoms with E-state index in [2.05, 4.69) is 15.2 Å². The number of hydrogen-bond acceptors (Lipinski definition) is 6. The van der Waals surface area contributed by atoms with Crippen molar-refractivity contribution >= 4 is 44.7 Å². The highest BCUT2D eigenvalue weighted by Gasteiger charge is 2.30. The second-order valence-corrected chi connectivity index (χ2v) is 11.2. The number of hydrogen-bond donors (Lipinski definition) is 1. The van der Waals surface area contributed by atoms with E-state index in [0.29, 0.717) is 36.8 Å². The number of thiophene rings is 1. The number of anilines is 1. The van der Waals surface area contributed by atoms with Gasteiger partial charge in [-0.25, -0.2) is 13.4 Å². The van der Waals surface area contributed by atoms with Crippen LogP contribution in [0.15, 0.2) is 58.9 Å². The second kappa shape index (κ2) is 9.58. The molecule has 0 aliphatic carbocycles. The highest BCUT2D eigenvalue weighted by Crippen LogP contribution is 2.27. The molecule has 168 valence electrons. The molecule has 2 aromatic heterocycles. The van der Waals surface area contributed by atoms with Gasteiger partial charge in [-0.15, -0.1) is 11.3 Å². The Bertz CT molecular complexity index is 1200. The number of nitrogens with zero attached hydrogens (tertiary/aromatic N) is 3. The molecule has 0 spiro atoms. The van der Waals surface area contributed by atoms with Gasteiger partial charge in [0.25, 0.3) is 15.9 Å². The molecule has 0 atom stereocenters. The molecule has 4 rings (SSSR count). The van der Waals surface area contributed by atoms with Crippen molar-refractivity contribution in [1.29, 1.82) is 0 Å². The summed E-state index contributed by atoms with van der Waals surface area (Å²) in [5, 5.41) is 3.38. The number of halogens is 1. The highest BCUT2D eigenvalue weighted by molar-refractivity contribution is 7.91. The van der Waals surface area contributed by atoms with Crippen molar-refractivity contribution in [3.63, 3.8) is 0 Å². The fraction of sp³-hybridized carbons (Fsp3) is 0.273. The number of carbonyl (C=O) groups excluding carboxylic acids is 1. The number of aromatic nitrogens is 1. The van der Waals surface area contributed by atoms with Gasteiger partial charge >= 0.3 is 0 Å². The van der Waals surface area contributed by atoms with Crippen molar-refractivity contribution in [2.24, 2.45) is 0 Å². The van der Waals surface area contributed by atoms with E-state index in [4.69, 9.17) is 11.6 Å². The number of rotatable bonds is 6. The smallest absolute Gasteiger partial charge is 0.252 e. The maximum atomic E-state index is 13.1. The van der Waals surface area contributed by atoms with E-state index in [-0.39, 0.29) is 16.7 Å². The standard InChI is InChI=1S/C22H23ClN4O3S2/c1-16-3-2-10-24-21(16)26-11-13-27(14-12-26)32(29,30)20-9-8-19(31-20)15-25-22(28)17-4-6-18(23)7-5-17/h2-10H,11-15H2,1H3,(H,25,28). The Morgan fingerprint density at radius 1 is 1.09 bits per heavy atom. The Labute approximate surface area is 196 Å². The fourth-order valence-corrected chi connectivity index (χ4v) is 6.54. The lowest BCUT2D eigenvalue weighted by atomic mass is 10.2. The van der Waals surface area contributed by atoms with E-state index in [0.717, 1.165) is 16.3 Å². The molecule has 0 unspecified atom stereocenters. The average molecular weight is 491 g/mol. The molecule has 3 aromatic rings. The summed E-state index contributed by atoms with van der Waals surface area (Å²) in [6.45, 7) is 4.25. The van der Waals surface area contributed by atoms with Crippen LogP contribution in [-0.2, 0) is 16.6 Å². The zero-order valence-electron chi connectivity index (χ0n) is 17.5. The summed E-state index contributed by atoms with van der Waals surface area (Å²) in [6.07, 6.45) is 1.75. The summed E-state index contributed by atoms with van der Waals surface area (Å²) in [6, 6.07) is 13.9. The topological polar surface area (TPSA) is 82.6 Å². The third kappa shape index (κ3) is 4.96. The van der Waals surface area contributed by atoms with Crippen LogP contribution in [0.3, 0.4) is 0 Å². The Morgan fingerprint density at radius 2 is 1.81 bits per heavy atom. The van der Waals surface area contributed by atoms with Crippen LogP contribution in [0.1, 0.15) is 20.8 Å². The first-order chi connectivity index (χ1) is 15.3. The van der Waals surface area contributed by atoms with Crippen LogP contribution in [0.2, 0.25) is 5.02 Å². The lowest BCUT2D eigenvalue weighted by Gasteiger charge is -2.35. The minimum absolute atomic E-state index is 0.236. The molecule has 0 radical (unpaired) electrons. The molecule has 1 N–H and O–H groups in total. The Morgan fingerprint density at radius 3 is 2.50 bits per heavy atom. The average Bonchev–Trinajstić information content (AvgIpc) is 3.28. The summed E-state index contributed by atoms with van der Waals surface area (Å²) >= 11 is 7.03. The maximum Gasteiger partial charge on any atom is 0.252 e. The number of aryl methyl sites for hydroxylation is 1. The van der Waals surface area contributed by atoms with E-state index in [9.17, 15) is 13.2 Å². The largest absolute Gasteiger partial charge is 0.354 e. The first-order valence-electron chi connectivity index (χ1n) is 10.1. The van der Waals surface area contributed by atoms with Gasteiger partial charge in [-0.3, -0.25) is 4.79 Å². The van der Waals surface area contributed by atoms with Crippen molar-refractivity contribution in [1.82, 2.24) is 14.6 Å². The molecular formula is C22H23ClN4O3S2. The van der Waals surface area contributed by atoms with Crippen molar-refractivity contribution in [3.8, 4) is 0 Å². The molecule has 1 amide bonds. The molecule has 1 aromatic carbocycles. The number of sulfonamides is 1. The highest BCUT2D eigenvalue weighted by atomic mass is 35.5. The molecule has 0 saturated carbocycles. The predicted molar refractivity (Wildman–Crippen MR) is 127 cm³/mol. The van der Waals surface area contributed by atoms with Gasteiger partial charge in [0, 0.05) is 47.8 Å². The minimum Gasteiger partial charge on any atom is -0.354 e. The van der Waals surface area contributed by atoms with Gasteiger partial charge in [0.05, 0.1) is 6.54 Å². The zero-order chi connectivity index (χ0) is 22.7. The van der Waals surface area contributed by atoms with Gasteiger partial charge in [-0.1, -0.05) is 17.7 Å². The van der Waals surface area contributed by atoms with Crippen molar-refractivity contribution < 1.29 is 13.2 Å². The van der Waals surface area contributed by atoms with E-state index in [1.807, 2.05) is 19.1 Å². The SMILES string of the molecule is Cc1cccnc1N1CCN(S(=O)(=O)c2ccc(CNC(=O)c3ccc(Cl)cc3)s2)CC1. The van der Waals surface area contributed by atoms with Gasteiger partial charge in [-0.2, -0.15) is 4.31 Å². The minimum atomic E-state index is -3.58. The monoisotopic (exact) mass is 490 g/mol. The normalized spacial score (nSPS) is 15.0. The molecule has 7 nitrogen and oxygen atoms in total. The van der Waals surface area contributed by atoms with Gasteiger partial charge < -0.3 is 10.2 Å². The molecule has 1 aliphatic rings. The molecule has 0 bridgehead atoms. The fourth-order valence-electron chi connectivity index (χ4n) is 3.54. The number of benzene rings is 1. The van der Waals surface area contributed by atoms with Crippen molar-refractivity contribution in [2.45, 2.75) is 17.7 Å². The maximum absolute atomic E-state index is 13.1. The molecule has 10 heteroatoms. The third-order valence-corrected chi connectivity index (χ3v) is 8.98. The molecule has 32 heavy (non-hydrogen) atoms. The van der Waals surface area contributed by atoms with E-state index >= 15 is 0 Å². The van der Waals surface area contributed by atoms with Gasteiger partial charge in [0.2, 0.25) is 0 Å². The Balaban J connectivity index is 1.36. The summed E-state index contributed by atoms with van der Waals surface area (Å²) in [5.74, 6) is 0.666. The first kappa shape index (κ1) is 22.7. The van der Waals surface area contributed by atoms with Crippen LogP contribution in [-0.4, -0.2) is 49.8 Å². The Kier molecular flexibility index (Phi) is 6.80.